The minimum Gasteiger partial charge on any atom is -0.464 e. The van der Waals surface area contributed by atoms with E-state index in [1.807, 2.05) is 6.92 Å². The highest BCUT2D eigenvalue weighted by Gasteiger charge is 2.18. The lowest BCUT2D eigenvalue weighted by molar-refractivity contribution is 0.260. The molecule has 2 rings (SSSR count). The minimum absolute atomic E-state index is 0.275. The van der Waals surface area contributed by atoms with Gasteiger partial charge in [0.05, 0.1) is 6.61 Å². The van der Waals surface area contributed by atoms with Gasteiger partial charge in [-0.05, 0) is 33.4 Å². The molecule has 0 saturated carbocycles. The summed E-state index contributed by atoms with van der Waals surface area (Å²) < 4.78 is 5.29. The summed E-state index contributed by atoms with van der Waals surface area (Å²) in [6.07, 6.45) is 2.27. The van der Waals surface area contributed by atoms with E-state index in [-0.39, 0.29) is 6.01 Å². The summed E-state index contributed by atoms with van der Waals surface area (Å²) >= 11 is 0. The van der Waals surface area contributed by atoms with Gasteiger partial charge in [0, 0.05) is 12.6 Å². The van der Waals surface area contributed by atoms with Crippen molar-refractivity contribution in [1.29, 1.82) is 0 Å². The van der Waals surface area contributed by atoms with E-state index < -0.39 is 0 Å². The number of aromatic nitrogens is 3. The number of hydrogen-bond donors (Lipinski definition) is 3. The van der Waals surface area contributed by atoms with Crippen LogP contribution in [0.15, 0.2) is 0 Å². The Morgan fingerprint density at radius 1 is 1.37 bits per heavy atom. The first-order chi connectivity index (χ1) is 9.21. The SMILES string of the molecule is CCOc1nc(NN)nc(NC2CCCN(C)C2)n1. The summed E-state index contributed by atoms with van der Waals surface area (Å²) in [4.78, 5) is 14.7. The number of likely N-dealkylation sites (tertiary alicyclic amines) is 1. The third-order valence-corrected chi connectivity index (χ3v) is 2.98. The third kappa shape index (κ3) is 3.90. The van der Waals surface area contributed by atoms with Crippen LogP contribution >= 0.6 is 0 Å². The average Bonchev–Trinajstić information content (AvgIpc) is 2.39. The Labute approximate surface area is 112 Å². The van der Waals surface area contributed by atoms with Gasteiger partial charge in [0.1, 0.15) is 0 Å². The number of rotatable bonds is 5. The number of piperidine rings is 1. The van der Waals surface area contributed by atoms with E-state index in [4.69, 9.17) is 10.6 Å². The normalized spacial score (nSPS) is 20.1. The van der Waals surface area contributed by atoms with Crippen molar-refractivity contribution >= 4 is 11.9 Å². The molecule has 106 valence electrons. The second kappa shape index (κ2) is 6.48. The number of nitrogens with zero attached hydrogens (tertiary/aromatic N) is 4. The Morgan fingerprint density at radius 3 is 2.84 bits per heavy atom. The largest absolute Gasteiger partial charge is 0.464 e. The van der Waals surface area contributed by atoms with Crippen LogP contribution < -0.4 is 21.3 Å². The molecular formula is C11H21N7O. The van der Waals surface area contributed by atoms with Crippen molar-refractivity contribution in [3.8, 4) is 6.01 Å². The zero-order valence-electron chi connectivity index (χ0n) is 11.4. The first kappa shape index (κ1) is 13.8. The predicted octanol–water partition coefficient (Wildman–Crippen LogP) is 0.0620. The summed E-state index contributed by atoms with van der Waals surface area (Å²) in [6, 6.07) is 0.610. The molecule has 1 aliphatic heterocycles. The van der Waals surface area contributed by atoms with E-state index in [0.717, 1.165) is 19.5 Å². The number of ether oxygens (including phenoxy) is 1. The van der Waals surface area contributed by atoms with E-state index in [2.05, 4.69) is 37.6 Å². The minimum atomic E-state index is 0.275. The molecule has 0 aliphatic carbocycles. The third-order valence-electron chi connectivity index (χ3n) is 2.98. The molecule has 1 unspecified atom stereocenters. The summed E-state index contributed by atoms with van der Waals surface area (Å²) in [7, 11) is 2.11. The molecule has 1 fully saturated rings. The van der Waals surface area contributed by atoms with Crippen molar-refractivity contribution in [3.05, 3.63) is 0 Å². The molecule has 1 atom stereocenters. The molecule has 8 nitrogen and oxygen atoms in total. The zero-order valence-corrected chi connectivity index (χ0v) is 11.4. The summed E-state index contributed by atoms with van der Waals surface area (Å²) in [5, 5.41) is 3.31. The molecule has 0 bridgehead atoms. The lowest BCUT2D eigenvalue weighted by atomic mass is 10.1. The standard InChI is InChI=1S/C11H21N7O/c1-3-19-11-15-9(14-10(16-11)17-12)13-8-5-4-6-18(2)7-8/h8H,3-7,12H2,1-2H3,(H2,13,14,15,16,17). The fraction of sp³-hybridized carbons (Fsp3) is 0.727. The Morgan fingerprint density at radius 2 is 2.16 bits per heavy atom. The van der Waals surface area contributed by atoms with Gasteiger partial charge in [-0.25, -0.2) is 5.84 Å². The lowest BCUT2D eigenvalue weighted by Gasteiger charge is -2.30. The van der Waals surface area contributed by atoms with E-state index in [1.165, 1.54) is 6.42 Å². The maximum absolute atomic E-state index is 5.34. The van der Waals surface area contributed by atoms with Crippen LogP contribution in [0.2, 0.25) is 0 Å². The molecule has 1 aliphatic rings. The molecule has 0 aromatic carbocycles. The monoisotopic (exact) mass is 267 g/mol. The molecule has 1 saturated heterocycles. The van der Waals surface area contributed by atoms with Crippen molar-refractivity contribution in [2.75, 3.05) is 37.5 Å². The van der Waals surface area contributed by atoms with Gasteiger partial charge in [0.2, 0.25) is 11.9 Å². The maximum atomic E-state index is 5.34. The number of hydrazine groups is 1. The molecular weight excluding hydrogens is 246 g/mol. The number of nitrogens with one attached hydrogen (secondary N) is 2. The topological polar surface area (TPSA) is 101 Å². The van der Waals surface area contributed by atoms with E-state index in [0.29, 0.717) is 24.5 Å². The highest BCUT2D eigenvalue weighted by Crippen LogP contribution is 2.15. The smallest absolute Gasteiger partial charge is 0.323 e. The first-order valence-electron chi connectivity index (χ1n) is 6.52. The molecule has 0 amide bonds. The number of anilines is 2. The van der Waals surface area contributed by atoms with Crippen LogP contribution in [0.25, 0.3) is 0 Å². The van der Waals surface area contributed by atoms with Crippen LogP contribution in [-0.2, 0) is 0 Å². The summed E-state index contributed by atoms with van der Waals surface area (Å²) in [5.41, 5.74) is 2.42. The number of nitrogen functional groups attached to an aromatic ring is 1. The Balaban J connectivity index is 2.07. The highest BCUT2D eigenvalue weighted by molar-refractivity contribution is 5.35. The average molecular weight is 267 g/mol. The van der Waals surface area contributed by atoms with Crippen molar-refractivity contribution < 1.29 is 4.74 Å². The van der Waals surface area contributed by atoms with Crippen LogP contribution in [0.1, 0.15) is 19.8 Å². The van der Waals surface area contributed by atoms with E-state index >= 15 is 0 Å². The van der Waals surface area contributed by atoms with Gasteiger partial charge in [-0.2, -0.15) is 15.0 Å². The molecule has 1 aromatic heterocycles. The quantitative estimate of drug-likeness (QED) is 0.508. The van der Waals surface area contributed by atoms with Gasteiger partial charge in [-0.1, -0.05) is 0 Å². The van der Waals surface area contributed by atoms with Crippen LogP contribution in [0.3, 0.4) is 0 Å². The van der Waals surface area contributed by atoms with Crippen LogP contribution in [-0.4, -0.2) is 52.6 Å². The van der Waals surface area contributed by atoms with Gasteiger partial charge >= 0.3 is 6.01 Å². The van der Waals surface area contributed by atoms with E-state index in [9.17, 15) is 0 Å². The van der Waals surface area contributed by atoms with E-state index in [1.54, 1.807) is 0 Å². The Bertz CT molecular complexity index is 414. The number of hydrogen-bond acceptors (Lipinski definition) is 8. The van der Waals surface area contributed by atoms with Gasteiger partial charge in [-0.15, -0.1) is 0 Å². The molecule has 0 spiro atoms. The van der Waals surface area contributed by atoms with Gasteiger partial charge < -0.3 is 15.0 Å². The van der Waals surface area contributed by atoms with Crippen molar-refractivity contribution in [2.24, 2.45) is 5.84 Å². The molecule has 1 aromatic rings. The Kier molecular flexibility index (Phi) is 4.69. The van der Waals surface area contributed by atoms with Crippen LogP contribution in [0, 0.1) is 0 Å². The van der Waals surface area contributed by atoms with Gasteiger partial charge in [-0.3, -0.25) is 5.43 Å². The Hall–Kier alpha value is -1.67. The lowest BCUT2D eigenvalue weighted by Crippen LogP contribution is -2.40. The summed E-state index contributed by atoms with van der Waals surface area (Å²) in [5.74, 6) is 6.13. The van der Waals surface area contributed by atoms with Gasteiger partial charge in [0.15, 0.2) is 0 Å². The molecule has 8 heteroatoms. The number of nitrogens with two attached hydrogens (primary N) is 1. The zero-order chi connectivity index (χ0) is 13.7. The van der Waals surface area contributed by atoms with Crippen molar-refractivity contribution in [2.45, 2.75) is 25.8 Å². The second-order valence-corrected chi connectivity index (χ2v) is 4.59. The molecule has 4 N–H and O–H groups in total. The molecule has 2 heterocycles. The van der Waals surface area contributed by atoms with Crippen LogP contribution in [0.5, 0.6) is 6.01 Å². The van der Waals surface area contributed by atoms with Crippen molar-refractivity contribution in [3.63, 3.8) is 0 Å². The fourth-order valence-corrected chi connectivity index (χ4v) is 2.15. The second-order valence-electron chi connectivity index (χ2n) is 4.59. The highest BCUT2D eigenvalue weighted by atomic mass is 16.5. The molecule has 19 heavy (non-hydrogen) atoms. The van der Waals surface area contributed by atoms with Crippen molar-refractivity contribution in [1.82, 2.24) is 19.9 Å². The first-order valence-corrected chi connectivity index (χ1v) is 6.52. The maximum Gasteiger partial charge on any atom is 0.323 e. The van der Waals surface area contributed by atoms with Crippen LogP contribution in [0.4, 0.5) is 11.9 Å². The summed E-state index contributed by atoms with van der Waals surface area (Å²) in [6.45, 7) is 4.48. The van der Waals surface area contributed by atoms with Gasteiger partial charge in [0.25, 0.3) is 0 Å². The predicted molar refractivity (Wildman–Crippen MR) is 72.9 cm³/mol. The molecule has 0 radical (unpaired) electrons. The number of likely N-dealkylation sites (N-methyl/N-ethyl adjacent to an activating group) is 1. The fourth-order valence-electron chi connectivity index (χ4n) is 2.15.